The Morgan fingerprint density at radius 2 is 1.82 bits per heavy atom. The summed E-state index contributed by atoms with van der Waals surface area (Å²) in [5.74, 6) is 1.22. The lowest BCUT2D eigenvalue weighted by atomic mass is 9.99. The highest BCUT2D eigenvalue weighted by molar-refractivity contribution is 6.05. The van der Waals surface area contributed by atoms with Gasteiger partial charge in [0.25, 0.3) is 0 Å². The third kappa shape index (κ3) is 4.62. The van der Waals surface area contributed by atoms with E-state index in [-0.39, 0.29) is 5.91 Å². The molecule has 0 aliphatic carbocycles. The van der Waals surface area contributed by atoms with E-state index >= 15 is 0 Å². The third-order valence-corrected chi connectivity index (χ3v) is 5.70. The van der Waals surface area contributed by atoms with E-state index in [1.807, 2.05) is 75.4 Å². The topological polar surface area (TPSA) is 60.7 Å². The number of benzene rings is 3. The number of hydrogen-bond acceptors (Lipinski definition) is 4. The van der Waals surface area contributed by atoms with Crippen molar-refractivity contribution in [1.82, 2.24) is 0 Å². The molecule has 33 heavy (non-hydrogen) atoms. The lowest BCUT2D eigenvalue weighted by Crippen LogP contribution is -2.10. The van der Waals surface area contributed by atoms with Gasteiger partial charge in [-0.25, -0.2) is 0 Å². The minimum Gasteiger partial charge on any atom is -0.497 e. The molecule has 0 atom stereocenters. The van der Waals surface area contributed by atoms with Crippen LogP contribution >= 0.6 is 0 Å². The van der Waals surface area contributed by atoms with Gasteiger partial charge in [-0.3, -0.25) is 4.79 Å². The number of hydrogen-bond donors (Lipinski definition) is 1. The average Bonchev–Trinajstić information content (AvgIpc) is 3.23. The molecule has 5 nitrogen and oxygen atoms in total. The minimum atomic E-state index is -0.191. The molecule has 0 spiro atoms. The average molecular weight is 442 g/mol. The van der Waals surface area contributed by atoms with Crippen LogP contribution in [0.1, 0.15) is 23.6 Å². The molecule has 168 valence electrons. The number of rotatable bonds is 6. The maximum absolute atomic E-state index is 12.8. The Morgan fingerprint density at radius 1 is 1.00 bits per heavy atom. The second-order valence-electron chi connectivity index (χ2n) is 8.06. The van der Waals surface area contributed by atoms with Crippen molar-refractivity contribution in [1.29, 1.82) is 0 Å². The second kappa shape index (κ2) is 9.25. The van der Waals surface area contributed by atoms with Crippen LogP contribution in [0, 0.1) is 13.8 Å². The van der Waals surface area contributed by atoms with E-state index in [1.165, 1.54) is 0 Å². The molecule has 1 N–H and O–H groups in total. The van der Waals surface area contributed by atoms with Crippen LogP contribution in [0.15, 0.2) is 71.4 Å². The summed E-state index contributed by atoms with van der Waals surface area (Å²) in [6.07, 6.45) is 3.33. The van der Waals surface area contributed by atoms with E-state index in [4.69, 9.17) is 13.9 Å². The van der Waals surface area contributed by atoms with Crippen molar-refractivity contribution in [2.75, 3.05) is 19.5 Å². The lowest BCUT2D eigenvalue weighted by molar-refractivity contribution is -0.111. The fourth-order valence-corrected chi connectivity index (χ4v) is 3.86. The normalized spacial score (nSPS) is 11.5. The molecule has 0 aliphatic rings. The molecule has 4 aromatic rings. The number of fused-ring (bicyclic) bond motifs is 1. The van der Waals surface area contributed by atoms with Gasteiger partial charge in [-0.05, 0) is 67.3 Å². The van der Waals surface area contributed by atoms with Crippen molar-refractivity contribution < 1.29 is 18.7 Å². The highest BCUT2D eigenvalue weighted by Crippen LogP contribution is 2.38. The van der Waals surface area contributed by atoms with Crippen molar-refractivity contribution in [3.05, 3.63) is 83.6 Å². The largest absolute Gasteiger partial charge is 0.497 e. The molecule has 1 aromatic heterocycles. The smallest absolute Gasteiger partial charge is 0.248 e. The number of nitrogens with one attached hydrogen (secondary N) is 1. The number of anilines is 1. The standard InChI is InChI=1S/C28H27NO4/c1-17-9-10-18(2)25(11-17)29-28(30)12-19(3)22-14-23-24(16-33-27(23)15-26(22)32-5)20-7-6-8-21(13-20)31-4/h6-16H,1-5H3,(H,29,30)/b19-12+. The number of ether oxygens (including phenoxy) is 2. The fourth-order valence-electron chi connectivity index (χ4n) is 3.86. The molecule has 1 heterocycles. The number of methoxy groups -OCH3 is 2. The number of furan rings is 1. The molecule has 0 saturated carbocycles. The van der Waals surface area contributed by atoms with Gasteiger partial charge in [-0.1, -0.05) is 24.3 Å². The number of aryl methyl sites for hydroxylation is 2. The summed E-state index contributed by atoms with van der Waals surface area (Å²) in [5, 5.41) is 3.91. The van der Waals surface area contributed by atoms with E-state index in [0.717, 1.165) is 50.2 Å². The van der Waals surface area contributed by atoms with Gasteiger partial charge in [0.05, 0.1) is 20.5 Å². The van der Waals surface area contributed by atoms with Crippen LogP contribution < -0.4 is 14.8 Å². The first-order valence-corrected chi connectivity index (χ1v) is 10.7. The molecule has 0 saturated heterocycles. The van der Waals surface area contributed by atoms with Crippen LogP contribution in [0.2, 0.25) is 0 Å². The highest BCUT2D eigenvalue weighted by atomic mass is 16.5. The Labute approximate surface area is 193 Å². The number of allylic oxidation sites excluding steroid dienone is 1. The molecule has 0 aliphatic heterocycles. The molecular formula is C28H27NO4. The maximum Gasteiger partial charge on any atom is 0.248 e. The van der Waals surface area contributed by atoms with Gasteiger partial charge in [0.2, 0.25) is 5.91 Å². The van der Waals surface area contributed by atoms with Crippen LogP contribution in [0.25, 0.3) is 27.7 Å². The van der Waals surface area contributed by atoms with E-state index < -0.39 is 0 Å². The summed E-state index contributed by atoms with van der Waals surface area (Å²) in [7, 11) is 3.26. The Balaban J connectivity index is 1.72. The van der Waals surface area contributed by atoms with Gasteiger partial charge in [-0.15, -0.1) is 0 Å². The first kappa shape index (κ1) is 22.2. The molecule has 4 rings (SSSR count). The predicted molar refractivity (Wildman–Crippen MR) is 133 cm³/mol. The zero-order valence-corrected chi connectivity index (χ0v) is 19.5. The van der Waals surface area contributed by atoms with Crippen LogP contribution in [-0.4, -0.2) is 20.1 Å². The van der Waals surface area contributed by atoms with Gasteiger partial charge in [0.1, 0.15) is 17.1 Å². The van der Waals surface area contributed by atoms with Crippen molar-refractivity contribution >= 4 is 28.1 Å². The Morgan fingerprint density at radius 3 is 2.58 bits per heavy atom. The van der Waals surface area contributed by atoms with Crippen molar-refractivity contribution in [2.45, 2.75) is 20.8 Å². The molecule has 0 fully saturated rings. The molecule has 3 aromatic carbocycles. The van der Waals surface area contributed by atoms with Crippen LogP contribution in [-0.2, 0) is 4.79 Å². The molecule has 1 amide bonds. The van der Waals surface area contributed by atoms with Crippen molar-refractivity contribution in [3.63, 3.8) is 0 Å². The van der Waals surface area contributed by atoms with Crippen molar-refractivity contribution in [2.24, 2.45) is 0 Å². The summed E-state index contributed by atoms with van der Waals surface area (Å²) in [6, 6.07) is 17.7. The van der Waals surface area contributed by atoms with Gasteiger partial charge in [-0.2, -0.15) is 0 Å². The first-order valence-electron chi connectivity index (χ1n) is 10.7. The van der Waals surface area contributed by atoms with E-state index in [2.05, 4.69) is 5.32 Å². The van der Waals surface area contributed by atoms with Gasteiger partial charge in [0.15, 0.2) is 0 Å². The van der Waals surface area contributed by atoms with E-state index in [9.17, 15) is 4.79 Å². The summed E-state index contributed by atoms with van der Waals surface area (Å²) in [4.78, 5) is 12.8. The monoisotopic (exact) mass is 441 g/mol. The van der Waals surface area contributed by atoms with Gasteiger partial charge >= 0.3 is 0 Å². The van der Waals surface area contributed by atoms with Crippen molar-refractivity contribution in [3.8, 4) is 22.6 Å². The molecule has 0 bridgehead atoms. The number of carbonyl (C=O) groups is 1. The maximum atomic E-state index is 12.8. The molecule has 0 radical (unpaired) electrons. The summed E-state index contributed by atoms with van der Waals surface area (Å²) < 4.78 is 16.8. The van der Waals surface area contributed by atoms with Gasteiger partial charge in [0, 0.05) is 34.3 Å². The summed E-state index contributed by atoms with van der Waals surface area (Å²) in [6.45, 7) is 5.88. The zero-order chi connectivity index (χ0) is 23.5. The van der Waals surface area contributed by atoms with Gasteiger partial charge < -0.3 is 19.2 Å². The summed E-state index contributed by atoms with van der Waals surface area (Å²) in [5.41, 5.74) is 7.16. The SMILES string of the molecule is COc1cccc(-c2coc3cc(OC)c(/C(C)=C/C(=O)Nc4cc(C)ccc4C)cc23)c1. The van der Waals surface area contributed by atoms with E-state index in [0.29, 0.717) is 11.3 Å². The molecule has 5 heteroatoms. The van der Waals surface area contributed by atoms with Crippen LogP contribution in [0.5, 0.6) is 11.5 Å². The highest BCUT2D eigenvalue weighted by Gasteiger charge is 2.15. The van der Waals surface area contributed by atoms with Crippen LogP contribution in [0.4, 0.5) is 5.69 Å². The Hall–Kier alpha value is -3.99. The second-order valence-corrected chi connectivity index (χ2v) is 8.06. The predicted octanol–water partition coefficient (Wildman–Crippen LogP) is 6.78. The molecular weight excluding hydrogens is 414 g/mol. The minimum absolute atomic E-state index is 0.191. The van der Waals surface area contributed by atoms with E-state index in [1.54, 1.807) is 26.6 Å². The zero-order valence-electron chi connectivity index (χ0n) is 19.5. The Kier molecular flexibility index (Phi) is 6.22. The number of amides is 1. The fraction of sp³-hybridized carbons (Fsp3) is 0.179. The number of carbonyl (C=O) groups excluding carboxylic acids is 1. The Bertz CT molecular complexity index is 1360. The summed E-state index contributed by atoms with van der Waals surface area (Å²) >= 11 is 0. The lowest BCUT2D eigenvalue weighted by Gasteiger charge is -2.11. The first-order chi connectivity index (χ1) is 15.9. The molecule has 0 unspecified atom stereocenters. The third-order valence-electron chi connectivity index (χ3n) is 5.70. The van der Waals surface area contributed by atoms with Crippen LogP contribution in [0.3, 0.4) is 0 Å². The quantitative estimate of drug-likeness (QED) is 0.335.